The Balaban J connectivity index is 1.73. The lowest BCUT2D eigenvalue weighted by atomic mass is 9.90. The van der Waals surface area contributed by atoms with Crippen molar-refractivity contribution in [1.29, 1.82) is 0 Å². The molecule has 0 aromatic carbocycles. The van der Waals surface area contributed by atoms with Crippen LogP contribution in [0.4, 0.5) is 0 Å². The lowest BCUT2D eigenvalue weighted by Gasteiger charge is -2.47. The standard InChI is InChI=1S/C16H29N3O2/c1-15(2)10-19(9-8-18(15)3)11-16(14(20)21,12-4-5-12)17-13-6-7-13/h12-13,17H,4-11H2,1-3H3,(H,20,21). The molecular weight excluding hydrogens is 266 g/mol. The Labute approximate surface area is 127 Å². The second-order valence-electron chi connectivity index (χ2n) is 7.91. The Morgan fingerprint density at radius 1 is 1.29 bits per heavy atom. The Bertz CT molecular complexity index is 418. The van der Waals surface area contributed by atoms with Crippen molar-refractivity contribution in [1.82, 2.24) is 15.1 Å². The molecule has 5 heteroatoms. The molecule has 0 aromatic heterocycles. The van der Waals surface area contributed by atoms with E-state index in [1.54, 1.807) is 0 Å². The molecule has 0 spiro atoms. The maximum absolute atomic E-state index is 12.1. The first-order valence-corrected chi connectivity index (χ1v) is 8.28. The molecular formula is C16H29N3O2. The summed E-state index contributed by atoms with van der Waals surface area (Å²) in [7, 11) is 2.16. The zero-order chi connectivity index (χ0) is 15.3. The number of hydrogen-bond donors (Lipinski definition) is 2. The largest absolute Gasteiger partial charge is 0.480 e. The van der Waals surface area contributed by atoms with Crippen LogP contribution >= 0.6 is 0 Å². The third-order valence-electron chi connectivity index (χ3n) is 5.56. The van der Waals surface area contributed by atoms with Gasteiger partial charge in [0, 0.05) is 37.8 Å². The Hall–Kier alpha value is -0.650. The Morgan fingerprint density at radius 3 is 2.43 bits per heavy atom. The van der Waals surface area contributed by atoms with E-state index in [1.165, 1.54) is 0 Å². The summed E-state index contributed by atoms with van der Waals surface area (Å²) in [6.07, 6.45) is 4.39. The van der Waals surface area contributed by atoms with Crippen LogP contribution in [0, 0.1) is 5.92 Å². The lowest BCUT2D eigenvalue weighted by Crippen LogP contribution is -2.66. The molecule has 21 heavy (non-hydrogen) atoms. The molecule has 0 amide bonds. The van der Waals surface area contributed by atoms with Gasteiger partial charge in [-0.1, -0.05) is 0 Å². The number of carboxylic acid groups (broad SMARTS) is 1. The summed E-state index contributed by atoms with van der Waals surface area (Å²) >= 11 is 0. The van der Waals surface area contributed by atoms with Gasteiger partial charge >= 0.3 is 5.97 Å². The minimum atomic E-state index is -0.715. The zero-order valence-corrected chi connectivity index (χ0v) is 13.6. The molecule has 1 atom stereocenters. The number of carbonyl (C=O) groups is 1. The highest BCUT2D eigenvalue weighted by Crippen LogP contribution is 2.42. The van der Waals surface area contributed by atoms with Crippen molar-refractivity contribution in [3.8, 4) is 0 Å². The van der Waals surface area contributed by atoms with Gasteiger partial charge in [-0.2, -0.15) is 0 Å². The van der Waals surface area contributed by atoms with Gasteiger partial charge < -0.3 is 5.11 Å². The van der Waals surface area contributed by atoms with E-state index in [-0.39, 0.29) is 5.54 Å². The fourth-order valence-corrected chi connectivity index (χ4v) is 3.59. The first-order valence-electron chi connectivity index (χ1n) is 8.28. The molecule has 5 nitrogen and oxygen atoms in total. The number of aliphatic carboxylic acids is 1. The molecule has 0 aromatic rings. The van der Waals surface area contributed by atoms with Crippen LogP contribution in [0.15, 0.2) is 0 Å². The van der Waals surface area contributed by atoms with E-state index in [9.17, 15) is 9.90 Å². The van der Waals surface area contributed by atoms with Gasteiger partial charge in [-0.15, -0.1) is 0 Å². The zero-order valence-electron chi connectivity index (χ0n) is 13.6. The van der Waals surface area contributed by atoms with Gasteiger partial charge in [0.05, 0.1) is 0 Å². The van der Waals surface area contributed by atoms with Gasteiger partial charge in [-0.25, -0.2) is 0 Å². The van der Waals surface area contributed by atoms with Crippen LogP contribution in [0.25, 0.3) is 0 Å². The van der Waals surface area contributed by atoms with Crippen molar-refractivity contribution >= 4 is 5.97 Å². The number of rotatable bonds is 6. The van der Waals surface area contributed by atoms with E-state index < -0.39 is 11.5 Å². The maximum atomic E-state index is 12.1. The predicted octanol–water partition coefficient (Wildman–Crippen LogP) is 0.998. The van der Waals surface area contributed by atoms with Crippen molar-refractivity contribution in [2.75, 3.05) is 33.2 Å². The molecule has 2 N–H and O–H groups in total. The minimum Gasteiger partial charge on any atom is -0.480 e. The predicted molar refractivity (Wildman–Crippen MR) is 82.4 cm³/mol. The summed E-state index contributed by atoms with van der Waals surface area (Å²) in [4.78, 5) is 16.8. The fraction of sp³-hybridized carbons (Fsp3) is 0.938. The van der Waals surface area contributed by atoms with Crippen LogP contribution in [0.3, 0.4) is 0 Å². The molecule has 2 aliphatic carbocycles. The van der Waals surface area contributed by atoms with Gasteiger partial charge in [0.2, 0.25) is 0 Å². The van der Waals surface area contributed by atoms with Crippen LogP contribution in [-0.2, 0) is 4.79 Å². The summed E-state index contributed by atoms with van der Waals surface area (Å²) in [6, 6.07) is 0.433. The Kier molecular flexibility index (Phi) is 3.79. The van der Waals surface area contributed by atoms with Gasteiger partial charge in [-0.05, 0) is 52.5 Å². The number of carboxylic acids is 1. The number of nitrogens with zero attached hydrogens (tertiary/aromatic N) is 2. The average Bonchev–Trinajstić information content (AvgIpc) is 3.24. The second kappa shape index (κ2) is 5.21. The summed E-state index contributed by atoms with van der Waals surface area (Å²) in [5, 5.41) is 13.4. The highest BCUT2D eigenvalue weighted by molar-refractivity contribution is 5.80. The van der Waals surface area contributed by atoms with Crippen molar-refractivity contribution in [3.63, 3.8) is 0 Å². The van der Waals surface area contributed by atoms with Gasteiger partial charge in [0.1, 0.15) is 5.54 Å². The van der Waals surface area contributed by atoms with Crippen molar-refractivity contribution in [2.24, 2.45) is 5.92 Å². The SMILES string of the molecule is CN1CCN(CC(NC2CC2)(C(=O)O)C2CC2)CC1(C)C. The van der Waals surface area contributed by atoms with E-state index in [0.29, 0.717) is 18.5 Å². The summed E-state index contributed by atoms with van der Waals surface area (Å²) in [5.41, 5.74) is -0.598. The summed E-state index contributed by atoms with van der Waals surface area (Å²) < 4.78 is 0. The number of likely N-dealkylation sites (N-methyl/N-ethyl adjacent to an activating group) is 1. The molecule has 0 radical (unpaired) electrons. The smallest absolute Gasteiger partial charge is 0.325 e. The third-order valence-corrected chi connectivity index (χ3v) is 5.56. The molecule has 1 aliphatic heterocycles. The van der Waals surface area contributed by atoms with E-state index in [1.807, 2.05) is 0 Å². The molecule has 1 saturated heterocycles. The highest BCUT2D eigenvalue weighted by Gasteiger charge is 2.54. The van der Waals surface area contributed by atoms with Gasteiger partial charge in [-0.3, -0.25) is 19.9 Å². The summed E-state index contributed by atoms with van der Waals surface area (Å²) in [6.45, 7) is 8.06. The van der Waals surface area contributed by atoms with E-state index in [2.05, 4.69) is 36.0 Å². The number of hydrogen-bond acceptors (Lipinski definition) is 4. The first kappa shape index (κ1) is 15.3. The second-order valence-corrected chi connectivity index (χ2v) is 7.91. The highest BCUT2D eigenvalue weighted by atomic mass is 16.4. The molecule has 1 heterocycles. The molecule has 1 unspecified atom stereocenters. The average molecular weight is 295 g/mol. The van der Waals surface area contributed by atoms with Crippen LogP contribution in [0.5, 0.6) is 0 Å². The molecule has 0 bridgehead atoms. The maximum Gasteiger partial charge on any atom is 0.325 e. The van der Waals surface area contributed by atoms with Gasteiger partial charge in [0.25, 0.3) is 0 Å². The van der Waals surface area contributed by atoms with Gasteiger partial charge in [0.15, 0.2) is 0 Å². The molecule has 3 aliphatic rings. The molecule has 2 saturated carbocycles. The van der Waals surface area contributed by atoms with Crippen molar-refractivity contribution in [3.05, 3.63) is 0 Å². The van der Waals surface area contributed by atoms with E-state index in [0.717, 1.165) is 45.3 Å². The van der Waals surface area contributed by atoms with Crippen LogP contribution in [0.1, 0.15) is 39.5 Å². The number of piperazine rings is 1. The normalized spacial score (nSPS) is 30.0. The quantitative estimate of drug-likeness (QED) is 0.765. The van der Waals surface area contributed by atoms with E-state index in [4.69, 9.17) is 0 Å². The summed E-state index contributed by atoms with van der Waals surface area (Å²) in [5.74, 6) is -0.327. The van der Waals surface area contributed by atoms with Crippen LogP contribution < -0.4 is 5.32 Å². The van der Waals surface area contributed by atoms with Crippen molar-refractivity contribution < 1.29 is 9.90 Å². The van der Waals surface area contributed by atoms with Crippen LogP contribution in [-0.4, -0.2) is 71.2 Å². The monoisotopic (exact) mass is 295 g/mol. The molecule has 120 valence electrons. The molecule has 3 rings (SSSR count). The van der Waals surface area contributed by atoms with Crippen LogP contribution in [0.2, 0.25) is 0 Å². The Morgan fingerprint density at radius 2 is 1.95 bits per heavy atom. The topological polar surface area (TPSA) is 55.8 Å². The van der Waals surface area contributed by atoms with E-state index >= 15 is 0 Å². The minimum absolute atomic E-state index is 0.117. The van der Waals surface area contributed by atoms with Crippen molar-refractivity contribution in [2.45, 2.75) is 56.7 Å². The third kappa shape index (κ3) is 3.10. The number of nitrogens with one attached hydrogen (secondary N) is 1. The lowest BCUT2D eigenvalue weighted by molar-refractivity contribution is -0.147. The molecule has 3 fully saturated rings. The first-order chi connectivity index (χ1) is 9.83. The fourth-order valence-electron chi connectivity index (χ4n) is 3.59.